The normalized spacial score (nSPS) is 17.1. The molecule has 1 atom stereocenters. The Morgan fingerprint density at radius 3 is 2.93 bits per heavy atom. The number of rotatable bonds is 5. The van der Waals surface area contributed by atoms with E-state index in [4.69, 9.17) is 4.98 Å². The highest BCUT2D eigenvalue weighted by atomic mass is 32.2. The van der Waals surface area contributed by atoms with E-state index >= 15 is 0 Å². The Bertz CT molecular complexity index is 972. The van der Waals surface area contributed by atoms with Gasteiger partial charge in [0.2, 0.25) is 5.91 Å². The van der Waals surface area contributed by atoms with E-state index in [9.17, 15) is 4.79 Å². The molecule has 146 valence electrons. The zero-order chi connectivity index (χ0) is 19.5. The van der Waals surface area contributed by atoms with Crippen LogP contribution in [0, 0.1) is 12.8 Å². The maximum absolute atomic E-state index is 12.3. The topological polar surface area (TPSA) is 71.0 Å². The molecule has 1 aliphatic heterocycles. The van der Waals surface area contributed by atoms with Gasteiger partial charge in [0.25, 0.3) is 0 Å². The summed E-state index contributed by atoms with van der Waals surface area (Å²) in [5.41, 5.74) is 2.69. The molecule has 1 fully saturated rings. The quantitative estimate of drug-likeness (QED) is 0.495. The number of hydrogen-bond acceptors (Lipinski definition) is 7. The number of thioether (sulfide) groups is 1. The van der Waals surface area contributed by atoms with E-state index in [2.05, 4.69) is 27.1 Å². The van der Waals surface area contributed by atoms with Gasteiger partial charge in [-0.2, -0.15) is 4.98 Å². The van der Waals surface area contributed by atoms with E-state index in [0.29, 0.717) is 11.7 Å². The number of hydrogen-bond donors (Lipinski definition) is 1. The Kier molecular flexibility index (Phi) is 5.77. The van der Waals surface area contributed by atoms with Crippen LogP contribution in [0.3, 0.4) is 0 Å². The molecule has 1 amide bonds. The Hall–Kier alpha value is -2.19. The fraction of sp³-hybridized carbons (Fsp3) is 0.400. The Morgan fingerprint density at radius 2 is 2.14 bits per heavy atom. The van der Waals surface area contributed by atoms with Crippen molar-refractivity contribution < 1.29 is 4.79 Å². The molecule has 28 heavy (non-hydrogen) atoms. The van der Waals surface area contributed by atoms with Crippen molar-refractivity contribution in [1.29, 1.82) is 0 Å². The third kappa shape index (κ3) is 4.44. The van der Waals surface area contributed by atoms with Crippen LogP contribution >= 0.6 is 23.1 Å². The Labute approximate surface area is 172 Å². The first kappa shape index (κ1) is 19.1. The van der Waals surface area contributed by atoms with E-state index in [1.165, 1.54) is 36.5 Å². The number of anilines is 2. The first-order chi connectivity index (χ1) is 13.6. The summed E-state index contributed by atoms with van der Waals surface area (Å²) >= 11 is 3.06. The van der Waals surface area contributed by atoms with Gasteiger partial charge in [-0.1, -0.05) is 47.7 Å². The van der Waals surface area contributed by atoms with E-state index in [1.54, 1.807) is 11.3 Å². The standard InChI is InChI=1S/C20H23N5OS2/c1-13-5-7-15(8-6-13)23-16(26)11-27-19-17-18(21-12-22-19)24-20(28-17)25-9-3-4-14(2)10-25/h5-8,12,14H,3-4,9-11H2,1-2H3,(H,23,26)/t14-/m0/s1. The van der Waals surface area contributed by atoms with Crippen LogP contribution in [0.15, 0.2) is 35.6 Å². The van der Waals surface area contributed by atoms with Crippen molar-refractivity contribution >= 4 is 50.2 Å². The number of fused-ring (bicyclic) bond motifs is 1. The minimum atomic E-state index is -0.0461. The average molecular weight is 414 g/mol. The monoisotopic (exact) mass is 413 g/mol. The highest BCUT2D eigenvalue weighted by Crippen LogP contribution is 2.35. The molecule has 3 aromatic rings. The summed E-state index contributed by atoms with van der Waals surface area (Å²) in [4.78, 5) is 28.1. The van der Waals surface area contributed by atoms with E-state index in [-0.39, 0.29) is 5.91 Å². The lowest BCUT2D eigenvalue weighted by atomic mass is 10.0. The van der Waals surface area contributed by atoms with Crippen molar-refractivity contribution in [2.75, 3.05) is 29.1 Å². The molecular formula is C20H23N5OS2. The summed E-state index contributed by atoms with van der Waals surface area (Å²) in [5.74, 6) is 0.940. The predicted octanol–water partition coefficient (Wildman–Crippen LogP) is 4.36. The van der Waals surface area contributed by atoms with Crippen molar-refractivity contribution in [3.63, 3.8) is 0 Å². The zero-order valence-corrected chi connectivity index (χ0v) is 17.6. The molecule has 0 unspecified atom stereocenters. The molecule has 6 nitrogen and oxygen atoms in total. The summed E-state index contributed by atoms with van der Waals surface area (Å²) in [7, 11) is 0. The van der Waals surface area contributed by atoms with Crippen LogP contribution in [0.1, 0.15) is 25.3 Å². The van der Waals surface area contributed by atoms with Crippen LogP contribution < -0.4 is 10.2 Å². The van der Waals surface area contributed by atoms with Gasteiger partial charge in [0.1, 0.15) is 16.1 Å². The van der Waals surface area contributed by atoms with Crippen LogP contribution in [0.2, 0.25) is 0 Å². The third-order valence-corrected chi connectivity index (χ3v) is 6.98. The molecule has 4 rings (SSSR count). The molecule has 0 aliphatic carbocycles. The van der Waals surface area contributed by atoms with Gasteiger partial charge in [0.05, 0.1) is 5.75 Å². The molecule has 1 saturated heterocycles. The van der Waals surface area contributed by atoms with Crippen molar-refractivity contribution in [3.8, 4) is 0 Å². The number of benzene rings is 1. The summed E-state index contributed by atoms with van der Waals surface area (Å²) in [6.07, 6.45) is 4.01. The number of amides is 1. The van der Waals surface area contributed by atoms with Gasteiger partial charge >= 0.3 is 0 Å². The number of carbonyl (C=O) groups is 1. The maximum atomic E-state index is 12.3. The fourth-order valence-corrected chi connectivity index (χ4v) is 5.22. The van der Waals surface area contributed by atoms with Crippen LogP contribution in [-0.4, -0.2) is 39.7 Å². The summed E-state index contributed by atoms with van der Waals surface area (Å²) in [6.45, 7) is 6.39. The van der Waals surface area contributed by atoms with E-state index in [1.807, 2.05) is 31.2 Å². The maximum Gasteiger partial charge on any atom is 0.234 e. The number of carbonyl (C=O) groups excluding carboxylic acids is 1. The molecule has 1 N–H and O–H groups in total. The number of aromatic nitrogens is 3. The minimum absolute atomic E-state index is 0.0461. The third-order valence-electron chi connectivity index (χ3n) is 4.75. The Balaban J connectivity index is 1.44. The van der Waals surface area contributed by atoms with Crippen LogP contribution in [-0.2, 0) is 4.79 Å². The number of aryl methyl sites for hydroxylation is 1. The Morgan fingerprint density at radius 1 is 1.32 bits per heavy atom. The van der Waals surface area contributed by atoms with Crippen molar-refractivity contribution in [2.24, 2.45) is 5.92 Å². The molecule has 0 saturated carbocycles. The first-order valence-corrected chi connectivity index (χ1v) is 11.2. The first-order valence-electron chi connectivity index (χ1n) is 9.44. The van der Waals surface area contributed by atoms with Crippen LogP contribution in [0.25, 0.3) is 10.3 Å². The summed E-state index contributed by atoms with van der Waals surface area (Å²) < 4.78 is 0.962. The van der Waals surface area contributed by atoms with Gasteiger partial charge < -0.3 is 10.2 Å². The lowest BCUT2D eigenvalue weighted by molar-refractivity contribution is -0.113. The van der Waals surface area contributed by atoms with Crippen LogP contribution in [0.5, 0.6) is 0 Å². The molecule has 0 radical (unpaired) electrons. The highest BCUT2D eigenvalue weighted by Gasteiger charge is 2.21. The SMILES string of the molecule is Cc1ccc(NC(=O)CSc2ncnc3nc(N4CCC[C@H](C)C4)sc23)cc1. The van der Waals surface area contributed by atoms with Crippen molar-refractivity contribution in [3.05, 3.63) is 36.2 Å². The van der Waals surface area contributed by atoms with Crippen LogP contribution in [0.4, 0.5) is 10.8 Å². The largest absolute Gasteiger partial charge is 0.348 e. The lowest BCUT2D eigenvalue weighted by Gasteiger charge is -2.30. The van der Waals surface area contributed by atoms with Gasteiger partial charge in [0, 0.05) is 18.8 Å². The number of thiazole rings is 1. The molecule has 8 heteroatoms. The predicted molar refractivity (Wildman–Crippen MR) is 116 cm³/mol. The second-order valence-electron chi connectivity index (χ2n) is 7.22. The number of nitrogens with zero attached hydrogens (tertiary/aromatic N) is 4. The minimum Gasteiger partial charge on any atom is -0.348 e. The molecule has 3 heterocycles. The summed E-state index contributed by atoms with van der Waals surface area (Å²) in [6, 6.07) is 7.79. The highest BCUT2D eigenvalue weighted by molar-refractivity contribution is 8.00. The van der Waals surface area contributed by atoms with E-state index < -0.39 is 0 Å². The molecular weight excluding hydrogens is 390 g/mol. The second kappa shape index (κ2) is 8.45. The van der Waals surface area contributed by atoms with Gasteiger partial charge in [-0.25, -0.2) is 9.97 Å². The van der Waals surface area contributed by atoms with Gasteiger partial charge in [-0.3, -0.25) is 4.79 Å². The molecule has 2 aromatic heterocycles. The molecule has 0 bridgehead atoms. The molecule has 1 aromatic carbocycles. The zero-order valence-electron chi connectivity index (χ0n) is 16.0. The number of piperidine rings is 1. The lowest BCUT2D eigenvalue weighted by Crippen LogP contribution is -2.34. The second-order valence-corrected chi connectivity index (χ2v) is 9.17. The molecule has 0 spiro atoms. The smallest absolute Gasteiger partial charge is 0.234 e. The van der Waals surface area contributed by atoms with Crippen molar-refractivity contribution in [1.82, 2.24) is 15.0 Å². The molecule has 1 aliphatic rings. The van der Waals surface area contributed by atoms with Gasteiger partial charge in [-0.15, -0.1) is 0 Å². The fourth-order valence-electron chi connectivity index (χ4n) is 3.29. The van der Waals surface area contributed by atoms with Gasteiger partial charge in [0.15, 0.2) is 10.8 Å². The average Bonchev–Trinajstić information content (AvgIpc) is 3.13. The summed E-state index contributed by atoms with van der Waals surface area (Å²) in [5, 5.41) is 4.75. The van der Waals surface area contributed by atoms with E-state index in [0.717, 1.165) is 39.3 Å². The van der Waals surface area contributed by atoms with Gasteiger partial charge in [-0.05, 0) is 37.8 Å². The number of nitrogens with one attached hydrogen (secondary N) is 1. The van der Waals surface area contributed by atoms with Crippen molar-refractivity contribution in [2.45, 2.75) is 31.7 Å².